The van der Waals surface area contributed by atoms with Crippen LogP contribution in [0.3, 0.4) is 0 Å². The van der Waals surface area contributed by atoms with E-state index in [2.05, 4.69) is 4.99 Å². The number of esters is 1. The number of carbonyl (C=O) groups excluding carboxylic acids is 2. The summed E-state index contributed by atoms with van der Waals surface area (Å²) in [7, 11) is 0. The number of thiazole rings is 1. The van der Waals surface area contributed by atoms with Gasteiger partial charge in [0.15, 0.2) is 4.80 Å². The van der Waals surface area contributed by atoms with E-state index in [1.807, 2.05) is 54.6 Å². The second-order valence-electron chi connectivity index (χ2n) is 7.72. The van der Waals surface area contributed by atoms with Crippen LogP contribution in [0, 0.1) is 5.82 Å². The van der Waals surface area contributed by atoms with E-state index >= 15 is 0 Å². The summed E-state index contributed by atoms with van der Waals surface area (Å²) in [5, 5.41) is 0.658. The molecule has 0 atom stereocenters. The van der Waals surface area contributed by atoms with Crippen molar-refractivity contribution in [2.24, 2.45) is 4.99 Å². The maximum absolute atomic E-state index is 14.7. The molecule has 2 heterocycles. The topological polar surface area (TPSA) is 73.6 Å². The fourth-order valence-corrected chi connectivity index (χ4v) is 4.95. The van der Waals surface area contributed by atoms with Gasteiger partial charge in [-0.2, -0.15) is 4.99 Å². The Morgan fingerprint density at radius 3 is 2.60 bits per heavy atom. The van der Waals surface area contributed by atoms with Gasteiger partial charge >= 0.3 is 5.97 Å². The third-order valence-electron chi connectivity index (χ3n) is 5.46. The maximum atomic E-state index is 14.7. The number of amides is 1. The highest BCUT2D eigenvalue weighted by Gasteiger charge is 2.17. The molecule has 1 amide bonds. The molecule has 5 rings (SSSR count). The third-order valence-corrected chi connectivity index (χ3v) is 6.50. The smallest absolute Gasteiger partial charge is 0.326 e. The minimum Gasteiger partial charge on any atom is -0.465 e. The van der Waals surface area contributed by atoms with Crippen LogP contribution in [0.2, 0.25) is 0 Å². The highest BCUT2D eigenvalue weighted by atomic mass is 32.1. The van der Waals surface area contributed by atoms with Crippen LogP contribution in [-0.4, -0.2) is 28.0 Å². The predicted octanol–water partition coefficient (Wildman–Crippen LogP) is 5.36. The normalized spacial score (nSPS) is 11.8. The van der Waals surface area contributed by atoms with Crippen molar-refractivity contribution in [2.75, 3.05) is 6.61 Å². The maximum Gasteiger partial charge on any atom is 0.326 e. The lowest BCUT2D eigenvalue weighted by atomic mass is 10.0. The highest BCUT2D eigenvalue weighted by Crippen LogP contribution is 2.26. The molecule has 0 radical (unpaired) electrons. The average Bonchev–Trinajstić information content (AvgIpc) is 3.21. The second kappa shape index (κ2) is 9.60. The van der Waals surface area contributed by atoms with E-state index in [-0.39, 0.29) is 23.5 Å². The Hall–Kier alpha value is -4.17. The van der Waals surface area contributed by atoms with Crippen LogP contribution in [0.1, 0.15) is 17.3 Å². The van der Waals surface area contributed by atoms with Gasteiger partial charge in [0.25, 0.3) is 5.91 Å². The number of hydrogen-bond acceptors (Lipinski definition) is 5. The van der Waals surface area contributed by atoms with Crippen molar-refractivity contribution in [3.63, 3.8) is 0 Å². The lowest BCUT2D eigenvalue weighted by Gasteiger charge is -2.08. The van der Waals surface area contributed by atoms with E-state index in [9.17, 15) is 14.0 Å². The molecule has 0 aliphatic heterocycles. The first-order valence-corrected chi connectivity index (χ1v) is 11.8. The van der Waals surface area contributed by atoms with E-state index in [1.165, 1.54) is 10.6 Å². The average molecular weight is 486 g/mol. The van der Waals surface area contributed by atoms with Gasteiger partial charge < -0.3 is 9.30 Å². The van der Waals surface area contributed by atoms with Crippen molar-refractivity contribution in [1.29, 1.82) is 0 Å². The van der Waals surface area contributed by atoms with Gasteiger partial charge in [0.05, 0.1) is 33.6 Å². The Labute approximate surface area is 204 Å². The summed E-state index contributed by atoms with van der Waals surface area (Å²) in [6.45, 7) is 1.64. The van der Waals surface area contributed by atoms with Gasteiger partial charge in [-0.1, -0.05) is 65.9 Å². The fourth-order valence-electron chi connectivity index (χ4n) is 3.91. The largest absolute Gasteiger partial charge is 0.465 e. The van der Waals surface area contributed by atoms with Crippen LogP contribution >= 0.6 is 11.3 Å². The summed E-state index contributed by atoms with van der Waals surface area (Å²) in [6.07, 6.45) is 0. The van der Waals surface area contributed by atoms with Crippen molar-refractivity contribution >= 4 is 44.3 Å². The number of pyridine rings is 1. The van der Waals surface area contributed by atoms with Crippen LogP contribution in [0.4, 0.5) is 4.39 Å². The van der Waals surface area contributed by atoms with Crippen molar-refractivity contribution in [3.8, 4) is 11.3 Å². The number of rotatable bonds is 5. The summed E-state index contributed by atoms with van der Waals surface area (Å²) < 4.78 is 21.7. The van der Waals surface area contributed by atoms with Crippen LogP contribution in [-0.2, 0) is 16.1 Å². The summed E-state index contributed by atoms with van der Waals surface area (Å²) >= 11 is 1.14. The number of para-hydroxylation sites is 2. The Morgan fingerprint density at radius 1 is 1.03 bits per heavy atom. The van der Waals surface area contributed by atoms with Gasteiger partial charge in [-0.05, 0) is 31.2 Å². The number of carbonyl (C=O) groups is 2. The quantitative estimate of drug-likeness (QED) is 0.314. The van der Waals surface area contributed by atoms with Gasteiger partial charge in [0.1, 0.15) is 12.4 Å². The fraction of sp³-hybridized carbons (Fsp3) is 0.111. The molecule has 8 heteroatoms. The first-order chi connectivity index (χ1) is 17.0. The third kappa shape index (κ3) is 4.48. The number of fused-ring (bicyclic) bond motifs is 2. The van der Waals surface area contributed by atoms with Gasteiger partial charge in [-0.3, -0.25) is 9.59 Å². The summed E-state index contributed by atoms with van der Waals surface area (Å²) in [4.78, 5) is 35.1. The zero-order chi connectivity index (χ0) is 24.4. The van der Waals surface area contributed by atoms with E-state index < -0.39 is 17.7 Å². The Kier molecular flexibility index (Phi) is 6.20. The number of aromatic nitrogens is 2. The van der Waals surface area contributed by atoms with E-state index in [1.54, 1.807) is 25.1 Å². The number of nitrogens with zero attached hydrogens (tertiary/aromatic N) is 3. The van der Waals surface area contributed by atoms with Crippen molar-refractivity contribution in [2.45, 2.75) is 13.5 Å². The van der Waals surface area contributed by atoms with Crippen LogP contribution in [0.25, 0.3) is 32.4 Å². The molecule has 5 aromatic rings. The molecule has 0 unspecified atom stereocenters. The molecule has 0 spiro atoms. The number of halogens is 1. The monoisotopic (exact) mass is 485 g/mol. The molecule has 0 N–H and O–H groups in total. The standard InChI is InChI=1S/C27H20FN3O3S/c1-2-34-24(32)16-31-25-20(28)12-8-14-23(25)35-27(31)30-26(33)19-15-22(17-9-4-3-5-10-17)29-21-13-7-6-11-18(19)21/h3-15H,2,16H2,1H3. The molecule has 3 aromatic carbocycles. The molecule has 0 aliphatic carbocycles. The molecule has 0 bridgehead atoms. The minimum absolute atomic E-state index is 0.195. The van der Waals surface area contributed by atoms with Crippen molar-refractivity contribution < 1.29 is 18.7 Å². The molecular weight excluding hydrogens is 465 g/mol. The lowest BCUT2D eigenvalue weighted by molar-refractivity contribution is -0.143. The first kappa shape index (κ1) is 22.6. The van der Waals surface area contributed by atoms with Gasteiger partial charge in [0, 0.05) is 10.9 Å². The van der Waals surface area contributed by atoms with Crippen molar-refractivity contribution in [3.05, 3.63) is 95.0 Å². The van der Waals surface area contributed by atoms with Crippen LogP contribution in [0.15, 0.2) is 83.9 Å². The summed E-state index contributed by atoms with van der Waals surface area (Å²) in [5.41, 5.74) is 2.75. The first-order valence-electron chi connectivity index (χ1n) is 11.0. The summed E-state index contributed by atoms with van der Waals surface area (Å²) in [6, 6.07) is 23.2. The molecular formula is C27H20FN3O3S. The molecule has 174 valence electrons. The summed E-state index contributed by atoms with van der Waals surface area (Å²) in [5.74, 6) is -1.55. The Bertz CT molecular complexity index is 1640. The van der Waals surface area contributed by atoms with Crippen molar-refractivity contribution in [1.82, 2.24) is 9.55 Å². The predicted molar refractivity (Wildman–Crippen MR) is 133 cm³/mol. The number of ether oxygens (including phenoxy) is 1. The molecule has 2 aromatic heterocycles. The Balaban J connectivity index is 1.69. The number of hydrogen-bond donors (Lipinski definition) is 0. The Morgan fingerprint density at radius 2 is 1.80 bits per heavy atom. The molecule has 0 fully saturated rings. The van der Waals surface area contributed by atoms with E-state index in [0.717, 1.165) is 16.9 Å². The molecule has 35 heavy (non-hydrogen) atoms. The van der Waals surface area contributed by atoms with Gasteiger partial charge in [0.2, 0.25) is 0 Å². The zero-order valence-corrected chi connectivity index (χ0v) is 19.6. The highest BCUT2D eigenvalue weighted by molar-refractivity contribution is 7.16. The molecule has 0 saturated carbocycles. The van der Waals surface area contributed by atoms with Gasteiger partial charge in [-0.25, -0.2) is 9.37 Å². The van der Waals surface area contributed by atoms with E-state index in [0.29, 0.717) is 26.9 Å². The molecule has 0 saturated heterocycles. The molecule has 0 aliphatic rings. The second-order valence-corrected chi connectivity index (χ2v) is 8.73. The van der Waals surface area contributed by atoms with Crippen LogP contribution in [0.5, 0.6) is 0 Å². The van der Waals surface area contributed by atoms with Gasteiger partial charge in [-0.15, -0.1) is 0 Å². The zero-order valence-electron chi connectivity index (χ0n) is 18.8. The minimum atomic E-state index is -0.537. The van der Waals surface area contributed by atoms with E-state index in [4.69, 9.17) is 9.72 Å². The molecule has 6 nitrogen and oxygen atoms in total. The SMILES string of the molecule is CCOC(=O)Cn1c(=NC(=O)c2cc(-c3ccccc3)nc3ccccc23)sc2cccc(F)c21. The number of benzene rings is 3. The lowest BCUT2D eigenvalue weighted by Crippen LogP contribution is -2.23. The van der Waals surface area contributed by atoms with Crippen LogP contribution < -0.4 is 4.80 Å².